The van der Waals surface area contributed by atoms with Crippen LogP contribution < -0.4 is 37.1 Å². The maximum Gasteiger partial charge on any atom is 0.237 e. The first-order valence-electron chi connectivity index (χ1n) is 20.5. The molecule has 1 atom stereocenters. The number of likely N-dealkylation sites (tertiary alicyclic amines) is 1. The van der Waals surface area contributed by atoms with Crippen LogP contribution >= 0.6 is 0 Å². The number of aromatic nitrogens is 5. The molecule has 2 aromatic heterocycles. The molecule has 7 N–H and O–H groups in total. The van der Waals surface area contributed by atoms with Gasteiger partial charge in [0.15, 0.2) is 0 Å². The zero-order valence-electron chi connectivity index (χ0n) is 32.8. The summed E-state index contributed by atoms with van der Waals surface area (Å²) in [6, 6.07) is 15.5. The van der Waals surface area contributed by atoms with Crippen LogP contribution in [-0.2, 0) is 29.2 Å². The van der Waals surface area contributed by atoms with Crippen molar-refractivity contribution in [2.24, 2.45) is 5.73 Å². The number of methoxy groups -OCH3 is 1. The Morgan fingerprint density at radius 3 is 2.50 bits per heavy atom. The number of piperidine rings is 1. The van der Waals surface area contributed by atoms with Crippen molar-refractivity contribution in [3.8, 4) is 5.75 Å². The van der Waals surface area contributed by atoms with Gasteiger partial charge in [-0.3, -0.25) is 14.3 Å². The molecule has 0 spiro atoms. The first-order valence-corrected chi connectivity index (χ1v) is 20.5. The molecule has 1 saturated heterocycles. The molecule has 1 aliphatic carbocycles. The summed E-state index contributed by atoms with van der Waals surface area (Å²) in [6.07, 6.45) is 13.0. The van der Waals surface area contributed by atoms with Crippen LogP contribution in [0.25, 0.3) is 10.9 Å². The second-order valence-corrected chi connectivity index (χ2v) is 15.0. The summed E-state index contributed by atoms with van der Waals surface area (Å²) in [4.78, 5) is 37.1. The fourth-order valence-corrected chi connectivity index (χ4v) is 7.38. The maximum absolute atomic E-state index is 13.1. The highest BCUT2D eigenvalue weighted by molar-refractivity contribution is 5.90. The highest BCUT2D eigenvalue weighted by atomic mass is 16.5. The van der Waals surface area contributed by atoms with Crippen molar-refractivity contribution >= 4 is 34.5 Å². The third kappa shape index (κ3) is 12.6. The lowest BCUT2D eigenvalue weighted by molar-refractivity contribution is -0.132. The SMILES string of the molecule is COc1ccc(CNC(=O)[C@@H](N)CCC(=O)N2CCC(Nc3nc(NCc4cn(CCCNCCCNC5CCCCC5)nn4)nc4ccccc34)CC2)cc1. The van der Waals surface area contributed by atoms with E-state index in [-0.39, 0.29) is 24.3 Å². The van der Waals surface area contributed by atoms with Gasteiger partial charge < -0.3 is 42.0 Å². The number of benzene rings is 2. The minimum atomic E-state index is -0.752. The van der Waals surface area contributed by atoms with Gasteiger partial charge >= 0.3 is 0 Å². The average molecular weight is 769 g/mol. The molecule has 0 unspecified atom stereocenters. The molecule has 15 nitrogen and oxygen atoms in total. The number of amides is 2. The summed E-state index contributed by atoms with van der Waals surface area (Å²) in [5.41, 5.74) is 8.75. The fourth-order valence-electron chi connectivity index (χ4n) is 7.38. The lowest BCUT2D eigenvalue weighted by atomic mass is 9.95. The molecule has 2 fully saturated rings. The third-order valence-corrected chi connectivity index (χ3v) is 10.7. The van der Waals surface area contributed by atoms with E-state index in [0.717, 1.165) is 91.6 Å². The molecule has 56 heavy (non-hydrogen) atoms. The number of rotatable bonds is 21. The summed E-state index contributed by atoms with van der Waals surface area (Å²) in [6.45, 7) is 5.94. The summed E-state index contributed by atoms with van der Waals surface area (Å²) >= 11 is 0. The number of nitrogens with zero attached hydrogens (tertiary/aromatic N) is 6. The minimum Gasteiger partial charge on any atom is -0.497 e. The topological polar surface area (TPSA) is 189 Å². The highest BCUT2D eigenvalue weighted by Crippen LogP contribution is 2.25. The van der Waals surface area contributed by atoms with Crippen LogP contribution in [0.2, 0.25) is 0 Å². The van der Waals surface area contributed by atoms with Crippen LogP contribution in [0.4, 0.5) is 11.8 Å². The van der Waals surface area contributed by atoms with Gasteiger partial charge in [-0.2, -0.15) is 4.98 Å². The predicted molar refractivity (Wildman–Crippen MR) is 219 cm³/mol. The third-order valence-electron chi connectivity index (χ3n) is 10.7. The Morgan fingerprint density at radius 2 is 1.70 bits per heavy atom. The zero-order chi connectivity index (χ0) is 39.0. The highest BCUT2D eigenvalue weighted by Gasteiger charge is 2.25. The smallest absolute Gasteiger partial charge is 0.237 e. The molecule has 15 heteroatoms. The van der Waals surface area contributed by atoms with Crippen molar-refractivity contribution in [1.29, 1.82) is 0 Å². The summed E-state index contributed by atoms with van der Waals surface area (Å²) in [7, 11) is 1.61. The molecule has 0 bridgehead atoms. The zero-order valence-corrected chi connectivity index (χ0v) is 32.8. The number of hydrogen-bond acceptors (Lipinski definition) is 12. The van der Waals surface area contributed by atoms with Gasteiger partial charge in [0.05, 0.1) is 31.4 Å². The molecule has 6 rings (SSSR count). The first-order chi connectivity index (χ1) is 27.4. The molecule has 1 aliphatic heterocycles. The minimum absolute atomic E-state index is 0.0161. The lowest BCUT2D eigenvalue weighted by Gasteiger charge is -2.33. The van der Waals surface area contributed by atoms with E-state index in [1.54, 1.807) is 7.11 Å². The van der Waals surface area contributed by atoms with E-state index in [4.69, 9.17) is 20.4 Å². The van der Waals surface area contributed by atoms with Crippen molar-refractivity contribution < 1.29 is 14.3 Å². The second kappa shape index (κ2) is 21.4. The van der Waals surface area contributed by atoms with Crippen molar-refractivity contribution in [2.45, 2.75) is 108 Å². The molecular formula is C41H60N12O3. The normalized spacial score (nSPS) is 15.8. The monoisotopic (exact) mass is 768 g/mol. The summed E-state index contributed by atoms with van der Waals surface area (Å²) in [5.74, 6) is 1.78. The molecule has 302 valence electrons. The number of para-hydroxylation sites is 1. The maximum atomic E-state index is 13.1. The number of aryl methyl sites for hydroxylation is 1. The quantitative estimate of drug-likeness (QED) is 0.0671. The van der Waals surface area contributed by atoms with E-state index in [2.05, 4.69) is 36.9 Å². The Morgan fingerprint density at radius 1 is 0.911 bits per heavy atom. The second-order valence-electron chi connectivity index (χ2n) is 15.0. The Bertz CT molecular complexity index is 1810. The van der Waals surface area contributed by atoms with Gasteiger partial charge in [0.25, 0.3) is 0 Å². The number of nitrogens with one attached hydrogen (secondary N) is 5. The average Bonchev–Trinajstić information content (AvgIpc) is 3.70. The molecule has 4 aromatic rings. The number of fused-ring (bicyclic) bond motifs is 1. The fraction of sp³-hybridized carbons (Fsp3) is 0.561. The van der Waals surface area contributed by atoms with Gasteiger partial charge in [-0.15, -0.1) is 5.10 Å². The van der Waals surface area contributed by atoms with Gasteiger partial charge in [0, 0.05) is 50.1 Å². The van der Waals surface area contributed by atoms with Crippen LogP contribution in [0.15, 0.2) is 54.7 Å². The Kier molecular flexibility index (Phi) is 15.6. The molecule has 2 aromatic carbocycles. The van der Waals surface area contributed by atoms with Gasteiger partial charge in [-0.1, -0.05) is 48.7 Å². The Balaban J connectivity index is 0.891. The number of carbonyl (C=O) groups is 2. The van der Waals surface area contributed by atoms with Crippen LogP contribution in [0.3, 0.4) is 0 Å². The van der Waals surface area contributed by atoms with E-state index in [0.29, 0.717) is 38.5 Å². The van der Waals surface area contributed by atoms with Gasteiger partial charge in [-0.05, 0) is 94.4 Å². The molecule has 0 radical (unpaired) electrons. The Hall–Kier alpha value is -4.86. The summed E-state index contributed by atoms with van der Waals surface area (Å²) in [5, 5.41) is 26.7. The van der Waals surface area contributed by atoms with E-state index in [9.17, 15) is 9.59 Å². The first kappa shape index (κ1) is 40.8. The van der Waals surface area contributed by atoms with Gasteiger partial charge in [0.1, 0.15) is 17.3 Å². The van der Waals surface area contributed by atoms with E-state index in [1.807, 2.05) is 64.3 Å². The van der Waals surface area contributed by atoms with Crippen molar-refractivity contribution in [1.82, 2.24) is 45.8 Å². The number of carbonyl (C=O) groups excluding carboxylic acids is 2. The van der Waals surface area contributed by atoms with Crippen LogP contribution in [0, 0.1) is 0 Å². The van der Waals surface area contributed by atoms with Crippen molar-refractivity contribution in [3.05, 3.63) is 66.0 Å². The van der Waals surface area contributed by atoms with Crippen LogP contribution in [-0.4, -0.2) is 99.6 Å². The van der Waals surface area contributed by atoms with Gasteiger partial charge in [-0.25, -0.2) is 4.98 Å². The number of nitrogens with two attached hydrogens (primary N) is 1. The number of ether oxygens (including phenoxy) is 1. The van der Waals surface area contributed by atoms with Crippen molar-refractivity contribution in [2.75, 3.05) is 50.5 Å². The molecule has 3 heterocycles. The summed E-state index contributed by atoms with van der Waals surface area (Å²) < 4.78 is 7.07. The predicted octanol–water partition coefficient (Wildman–Crippen LogP) is 3.96. The molecule has 2 amide bonds. The molecule has 2 aliphatic rings. The lowest BCUT2D eigenvalue weighted by Crippen LogP contribution is -2.44. The van der Waals surface area contributed by atoms with Gasteiger partial charge in [0.2, 0.25) is 17.8 Å². The van der Waals surface area contributed by atoms with Crippen LogP contribution in [0.5, 0.6) is 5.75 Å². The Labute approximate surface area is 330 Å². The molecular weight excluding hydrogens is 709 g/mol. The standard InChI is InChI=1S/C41H60N12O3/c1-56-34-15-13-30(14-16-34)27-45-40(55)36(42)17-18-38(54)52-25-19-32(20-26-52)47-39-35-11-5-6-12-37(35)48-41(49-39)46-28-33-29-53(51-50-33)24-8-22-43-21-7-23-44-31-9-3-2-4-10-31/h5-6,11-16,29,31-32,36,43-44H,2-4,7-10,17-28,42H2,1H3,(H,45,55)(H2,46,47,48,49)/t36-/m0/s1. The largest absolute Gasteiger partial charge is 0.497 e. The number of hydrogen-bond donors (Lipinski definition) is 6. The van der Waals surface area contributed by atoms with E-state index in [1.165, 1.54) is 32.1 Å². The number of anilines is 2. The van der Waals surface area contributed by atoms with Crippen LogP contribution in [0.1, 0.15) is 81.9 Å². The molecule has 1 saturated carbocycles. The van der Waals surface area contributed by atoms with Crippen molar-refractivity contribution in [3.63, 3.8) is 0 Å². The van der Waals surface area contributed by atoms with E-state index < -0.39 is 6.04 Å². The van der Waals surface area contributed by atoms with E-state index >= 15 is 0 Å².